The van der Waals surface area contributed by atoms with Crippen molar-refractivity contribution in [2.24, 2.45) is 0 Å². The van der Waals surface area contributed by atoms with Gasteiger partial charge in [-0.05, 0) is 31.2 Å². The van der Waals surface area contributed by atoms with E-state index in [1.54, 1.807) is 18.4 Å². The zero-order valence-corrected chi connectivity index (χ0v) is 19.1. The number of amides is 1. The van der Waals surface area contributed by atoms with E-state index in [0.717, 1.165) is 41.6 Å². The van der Waals surface area contributed by atoms with Crippen LogP contribution in [0, 0.1) is 0 Å². The third kappa shape index (κ3) is 3.96. The Balaban J connectivity index is 1.55. The fraction of sp³-hybridized carbons (Fsp3) is 0.318. The monoisotopic (exact) mass is 467 g/mol. The molecule has 1 aliphatic carbocycles. The summed E-state index contributed by atoms with van der Waals surface area (Å²) in [5.41, 5.74) is 1.74. The molecule has 1 N–H and O–H groups in total. The topological polar surface area (TPSA) is 99.0 Å². The molecule has 0 saturated heterocycles. The molecule has 1 aromatic carbocycles. The van der Waals surface area contributed by atoms with Gasteiger partial charge in [0.25, 0.3) is 5.56 Å². The van der Waals surface area contributed by atoms with Crippen LogP contribution in [0.2, 0.25) is 0 Å². The average Bonchev–Trinajstić information content (AvgIpc) is 3.40. The summed E-state index contributed by atoms with van der Waals surface area (Å²) < 4.78 is 6.52. The molecule has 32 heavy (non-hydrogen) atoms. The molecule has 8 nitrogen and oxygen atoms in total. The lowest BCUT2D eigenvalue weighted by Gasteiger charge is -2.13. The van der Waals surface area contributed by atoms with Gasteiger partial charge in [-0.15, -0.1) is 21.5 Å². The molecule has 4 aromatic rings. The molecule has 10 heteroatoms. The lowest BCUT2D eigenvalue weighted by Crippen LogP contribution is -2.30. The van der Waals surface area contributed by atoms with Gasteiger partial charge in [0.05, 0.1) is 5.39 Å². The fourth-order valence-electron chi connectivity index (χ4n) is 3.98. The molecule has 0 bridgehead atoms. The number of aromatic nitrogens is 4. The molecule has 0 spiro atoms. The van der Waals surface area contributed by atoms with E-state index in [0.29, 0.717) is 28.0 Å². The van der Waals surface area contributed by atoms with Crippen LogP contribution in [0.5, 0.6) is 0 Å². The summed E-state index contributed by atoms with van der Waals surface area (Å²) in [5, 5.41) is 12.4. The van der Waals surface area contributed by atoms with Crippen LogP contribution >= 0.6 is 22.7 Å². The Morgan fingerprint density at radius 1 is 1.16 bits per heavy atom. The summed E-state index contributed by atoms with van der Waals surface area (Å²) in [6.45, 7) is 0.171. The zero-order valence-electron chi connectivity index (χ0n) is 17.5. The van der Waals surface area contributed by atoms with Crippen LogP contribution in [-0.2, 0) is 35.5 Å². The first-order valence-electron chi connectivity index (χ1n) is 10.4. The van der Waals surface area contributed by atoms with Gasteiger partial charge in [0.1, 0.15) is 28.8 Å². The average molecular weight is 468 g/mol. The molecule has 0 unspecified atom stereocenters. The van der Waals surface area contributed by atoms with Crippen molar-refractivity contribution in [2.75, 3.05) is 12.4 Å². The molecule has 0 radical (unpaired) electrons. The molecule has 3 heterocycles. The standard InChI is InChI=1S/C22H21N5O3S2/c1-30-12-17-25-26-22(32-17)23-16(28)11-27-19(13-7-3-2-4-8-13)24-20-18(21(27)29)14-9-5-6-10-15(14)31-20/h2-4,7-8H,5-6,9-12H2,1H3,(H,23,26,28). The van der Waals surface area contributed by atoms with E-state index < -0.39 is 0 Å². The van der Waals surface area contributed by atoms with E-state index >= 15 is 0 Å². The van der Waals surface area contributed by atoms with Crippen LogP contribution in [0.15, 0.2) is 35.1 Å². The number of aryl methyl sites for hydroxylation is 2. The minimum absolute atomic E-state index is 0.157. The highest BCUT2D eigenvalue weighted by atomic mass is 32.1. The minimum Gasteiger partial charge on any atom is -0.377 e. The highest BCUT2D eigenvalue weighted by molar-refractivity contribution is 7.18. The number of benzene rings is 1. The highest BCUT2D eigenvalue weighted by Gasteiger charge is 2.23. The zero-order chi connectivity index (χ0) is 22.1. The number of methoxy groups -OCH3 is 1. The summed E-state index contributed by atoms with van der Waals surface area (Å²) in [5.74, 6) is 0.142. The van der Waals surface area contributed by atoms with Crippen molar-refractivity contribution in [2.45, 2.75) is 38.8 Å². The van der Waals surface area contributed by atoms with Crippen molar-refractivity contribution in [3.8, 4) is 11.4 Å². The van der Waals surface area contributed by atoms with E-state index in [1.165, 1.54) is 20.8 Å². The summed E-state index contributed by atoms with van der Waals surface area (Å²) in [6, 6.07) is 9.50. The number of anilines is 1. The van der Waals surface area contributed by atoms with Crippen LogP contribution in [-0.4, -0.2) is 32.8 Å². The number of carbonyl (C=O) groups excluding carboxylic acids is 1. The summed E-state index contributed by atoms with van der Waals surface area (Å²) >= 11 is 2.85. The molecule has 0 saturated carbocycles. The Labute approximate surface area is 191 Å². The summed E-state index contributed by atoms with van der Waals surface area (Å²) in [7, 11) is 1.57. The second kappa shape index (κ2) is 8.89. The Morgan fingerprint density at radius 3 is 2.78 bits per heavy atom. The van der Waals surface area contributed by atoms with E-state index in [1.807, 2.05) is 30.3 Å². The molecule has 0 aliphatic heterocycles. The van der Waals surface area contributed by atoms with E-state index in [9.17, 15) is 9.59 Å². The number of hydrogen-bond donors (Lipinski definition) is 1. The lowest BCUT2D eigenvalue weighted by atomic mass is 9.97. The smallest absolute Gasteiger partial charge is 0.263 e. The number of thiophene rings is 1. The van der Waals surface area contributed by atoms with Gasteiger partial charge in [-0.2, -0.15) is 0 Å². The fourth-order valence-corrected chi connectivity index (χ4v) is 5.96. The molecule has 0 fully saturated rings. The molecule has 164 valence electrons. The van der Waals surface area contributed by atoms with Crippen LogP contribution in [0.25, 0.3) is 21.6 Å². The SMILES string of the molecule is COCc1nnc(NC(=O)Cn2c(-c3ccccc3)nc3sc4c(c3c2=O)CCCC4)s1. The Bertz CT molecular complexity index is 1340. The summed E-state index contributed by atoms with van der Waals surface area (Å²) in [6.07, 6.45) is 4.07. The first-order chi connectivity index (χ1) is 15.6. The second-order valence-corrected chi connectivity index (χ2v) is 9.71. The normalized spacial score (nSPS) is 13.3. The maximum atomic E-state index is 13.6. The number of ether oxygens (including phenoxy) is 1. The molecule has 5 rings (SSSR count). The van der Waals surface area contributed by atoms with Gasteiger partial charge in [0, 0.05) is 17.6 Å². The summed E-state index contributed by atoms with van der Waals surface area (Å²) in [4.78, 5) is 33.4. The minimum atomic E-state index is -0.352. The van der Waals surface area contributed by atoms with Gasteiger partial charge < -0.3 is 4.74 Å². The van der Waals surface area contributed by atoms with Crippen molar-refractivity contribution >= 4 is 43.9 Å². The molecule has 3 aromatic heterocycles. The van der Waals surface area contributed by atoms with Gasteiger partial charge in [0.15, 0.2) is 0 Å². The van der Waals surface area contributed by atoms with Crippen molar-refractivity contribution in [3.63, 3.8) is 0 Å². The number of nitrogens with one attached hydrogen (secondary N) is 1. The molecule has 1 aliphatic rings. The number of carbonyl (C=O) groups is 1. The van der Waals surface area contributed by atoms with Gasteiger partial charge in [-0.25, -0.2) is 4.98 Å². The van der Waals surface area contributed by atoms with Crippen molar-refractivity contribution in [3.05, 3.63) is 56.1 Å². The number of nitrogens with zero attached hydrogens (tertiary/aromatic N) is 4. The van der Waals surface area contributed by atoms with E-state index in [2.05, 4.69) is 15.5 Å². The van der Waals surface area contributed by atoms with E-state index in [4.69, 9.17) is 9.72 Å². The third-order valence-electron chi connectivity index (χ3n) is 5.39. The maximum Gasteiger partial charge on any atom is 0.263 e. The largest absolute Gasteiger partial charge is 0.377 e. The number of rotatable bonds is 6. The molecule has 0 atom stereocenters. The first kappa shape index (κ1) is 20.9. The van der Waals surface area contributed by atoms with Gasteiger partial charge >= 0.3 is 0 Å². The lowest BCUT2D eigenvalue weighted by molar-refractivity contribution is -0.116. The molecular weight excluding hydrogens is 446 g/mol. The van der Waals surface area contributed by atoms with Crippen molar-refractivity contribution < 1.29 is 9.53 Å². The second-order valence-electron chi connectivity index (χ2n) is 7.57. The van der Waals surface area contributed by atoms with Crippen molar-refractivity contribution in [1.82, 2.24) is 19.7 Å². The Hall–Kier alpha value is -2.95. The quantitative estimate of drug-likeness (QED) is 0.465. The predicted octanol–water partition coefficient (Wildman–Crippen LogP) is 3.64. The number of fused-ring (bicyclic) bond motifs is 3. The number of hydrogen-bond acceptors (Lipinski definition) is 8. The van der Waals surface area contributed by atoms with Crippen LogP contribution in [0.3, 0.4) is 0 Å². The van der Waals surface area contributed by atoms with Gasteiger partial charge in [0.2, 0.25) is 11.0 Å². The van der Waals surface area contributed by atoms with Crippen LogP contribution in [0.4, 0.5) is 5.13 Å². The van der Waals surface area contributed by atoms with Gasteiger partial charge in [-0.3, -0.25) is 19.5 Å². The highest BCUT2D eigenvalue weighted by Crippen LogP contribution is 2.34. The van der Waals surface area contributed by atoms with Gasteiger partial charge in [-0.1, -0.05) is 41.7 Å². The van der Waals surface area contributed by atoms with Crippen molar-refractivity contribution in [1.29, 1.82) is 0 Å². The van der Waals surface area contributed by atoms with Crippen LogP contribution in [0.1, 0.15) is 28.3 Å². The molecule has 1 amide bonds. The predicted molar refractivity (Wildman–Crippen MR) is 125 cm³/mol. The first-order valence-corrected chi connectivity index (χ1v) is 12.0. The van der Waals surface area contributed by atoms with E-state index in [-0.39, 0.29) is 18.0 Å². The Kier molecular flexibility index (Phi) is 5.81. The maximum absolute atomic E-state index is 13.6. The van der Waals surface area contributed by atoms with Crippen LogP contribution < -0.4 is 10.9 Å². The molecular formula is C22H21N5O3S2. The third-order valence-corrected chi connectivity index (χ3v) is 7.39. The Morgan fingerprint density at radius 2 is 1.97 bits per heavy atom.